The van der Waals surface area contributed by atoms with E-state index in [4.69, 9.17) is 23.2 Å². The Morgan fingerprint density at radius 1 is 0.162 bits per heavy atom. The Labute approximate surface area is 650 Å². The molecule has 0 aliphatic heterocycles. The molecule has 0 aliphatic rings. The largest absolute Gasteiger partial charge is 0.355 e. The summed E-state index contributed by atoms with van der Waals surface area (Å²) in [6, 6.07) is 144. The summed E-state index contributed by atoms with van der Waals surface area (Å²) in [5.74, 6) is 0. The summed E-state index contributed by atoms with van der Waals surface area (Å²) in [7, 11) is 0. The first kappa shape index (κ1) is 65.4. The molecule has 5 aromatic heterocycles. The Morgan fingerprint density at radius 2 is 0.396 bits per heavy atom. The van der Waals surface area contributed by atoms with Crippen LogP contribution in [0, 0.1) is 0 Å². The lowest BCUT2D eigenvalue weighted by molar-refractivity contribution is 1.18. The highest BCUT2D eigenvalue weighted by Gasteiger charge is 2.20. The smallest absolute Gasteiger partial charge is 0.0541 e. The van der Waals surface area contributed by atoms with Gasteiger partial charge in [-0.15, -0.1) is 0 Å². The SMILES string of the molecule is Clc1ccc(-c2ccc3c(c2)c2cc(-c4ccc(Cl)cc4)ccc2n3-c2ccc3ccccc3c2)cc1.c1ccc2c(c1)[nH]c1ccccc12.c1ccc2cc(-n3c4ccc(-c5ccc(-n6c7ccccc7c7ccccc76)cc5)cc4c4cc(-c5ccc(-n6c7ccccc7c7ccccc76)cc5)ccc43)ccc2c1. The maximum Gasteiger partial charge on any atom is 0.0541 e. The summed E-state index contributed by atoms with van der Waals surface area (Å²) >= 11 is 12.3. The van der Waals surface area contributed by atoms with Gasteiger partial charge < -0.3 is 23.3 Å². The molecular formula is C104H67Cl2N5. The summed E-state index contributed by atoms with van der Waals surface area (Å²) in [4.78, 5) is 3.38. The van der Waals surface area contributed by atoms with Crippen molar-refractivity contribution in [2.45, 2.75) is 0 Å². The van der Waals surface area contributed by atoms with Gasteiger partial charge in [-0.25, -0.2) is 0 Å². The molecule has 18 aromatic carbocycles. The van der Waals surface area contributed by atoms with Crippen LogP contribution >= 0.6 is 23.2 Å². The third-order valence-corrected chi connectivity index (χ3v) is 22.9. The zero-order valence-corrected chi connectivity index (χ0v) is 61.7. The molecule has 0 saturated carbocycles. The van der Waals surface area contributed by atoms with Crippen LogP contribution in [0.2, 0.25) is 10.0 Å². The van der Waals surface area contributed by atoms with E-state index in [1.165, 1.54) is 164 Å². The number of hydrogen-bond donors (Lipinski definition) is 1. The van der Waals surface area contributed by atoms with E-state index in [1.54, 1.807) is 0 Å². The third kappa shape index (κ3) is 11.5. The molecule has 23 rings (SSSR count). The first-order chi connectivity index (χ1) is 54.8. The minimum atomic E-state index is 0.741. The van der Waals surface area contributed by atoms with Gasteiger partial charge in [0.1, 0.15) is 0 Å². The number of nitrogens with one attached hydrogen (secondary N) is 1. The van der Waals surface area contributed by atoms with Gasteiger partial charge in [-0.1, -0.05) is 266 Å². The zero-order valence-electron chi connectivity index (χ0n) is 60.1. The topological polar surface area (TPSA) is 35.5 Å². The molecule has 0 bridgehead atoms. The lowest BCUT2D eigenvalue weighted by Gasteiger charge is -2.11. The number of para-hydroxylation sites is 6. The van der Waals surface area contributed by atoms with Crippen LogP contribution in [0.4, 0.5) is 0 Å². The van der Waals surface area contributed by atoms with E-state index in [0.29, 0.717) is 0 Å². The van der Waals surface area contributed by atoms with Crippen molar-refractivity contribution in [1.29, 1.82) is 0 Å². The number of nitrogens with zero attached hydrogens (tertiary/aromatic N) is 4. The van der Waals surface area contributed by atoms with Crippen LogP contribution in [0.3, 0.4) is 0 Å². The molecule has 1 N–H and O–H groups in total. The average Bonchev–Trinajstić information content (AvgIpc) is 1.59. The fourth-order valence-corrected chi connectivity index (χ4v) is 17.3. The third-order valence-electron chi connectivity index (χ3n) is 22.4. The van der Waals surface area contributed by atoms with Gasteiger partial charge in [-0.2, -0.15) is 0 Å². The van der Waals surface area contributed by atoms with E-state index < -0.39 is 0 Å². The van der Waals surface area contributed by atoms with E-state index in [9.17, 15) is 0 Å². The summed E-state index contributed by atoms with van der Waals surface area (Å²) in [6.45, 7) is 0. The van der Waals surface area contributed by atoms with Gasteiger partial charge in [-0.3, -0.25) is 0 Å². The summed E-state index contributed by atoms with van der Waals surface area (Å²) in [5.41, 5.74) is 26.0. The van der Waals surface area contributed by atoms with Crippen molar-refractivity contribution in [2.24, 2.45) is 0 Å². The first-order valence-corrected chi connectivity index (χ1v) is 38.4. The lowest BCUT2D eigenvalue weighted by Crippen LogP contribution is -1.94. The van der Waals surface area contributed by atoms with E-state index >= 15 is 0 Å². The molecule has 522 valence electrons. The van der Waals surface area contributed by atoms with Gasteiger partial charge in [0.25, 0.3) is 0 Å². The maximum atomic E-state index is 6.16. The van der Waals surface area contributed by atoms with Crippen LogP contribution in [0.15, 0.2) is 400 Å². The molecule has 0 amide bonds. The zero-order chi connectivity index (χ0) is 73.6. The molecule has 7 heteroatoms. The number of aromatic nitrogens is 5. The monoisotopic (exact) mass is 1460 g/mol. The molecule has 0 aliphatic carbocycles. The highest BCUT2D eigenvalue weighted by atomic mass is 35.5. The van der Waals surface area contributed by atoms with E-state index in [2.05, 4.69) is 399 Å². The minimum absolute atomic E-state index is 0.741. The van der Waals surface area contributed by atoms with E-state index in [1.807, 2.05) is 24.3 Å². The van der Waals surface area contributed by atoms with Crippen molar-refractivity contribution >= 4 is 154 Å². The second-order valence-corrected chi connectivity index (χ2v) is 29.6. The molecule has 0 fully saturated rings. The molecule has 111 heavy (non-hydrogen) atoms. The first-order valence-electron chi connectivity index (χ1n) is 37.6. The lowest BCUT2D eigenvalue weighted by atomic mass is 10.00. The van der Waals surface area contributed by atoms with Crippen molar-refractivity contribution in [2.75, 3.05) is 0 Å². The molecule has 5 nitrogen and oxygen atoms in total. The second kappa shape index (κ2) is 27.1. The Hall–Kier alpha value is -13.9. The Kier molecular flexibility index (Phi) is 15.9. The number of aromatic amines is 1. The number of halogens is 2. The van der Waals surface area contributed by atoms with Crippen LogP contribution in [0.25, 0.3) is 198 Å². The molecule has 0 radical (unpaired) electrons. The van der Waals surface area contributed by atoms with Crippen molar-refractivity contribution in [3.63, 3.8) is 0 Å². The van der Waals surface area contributed by atoms with Gasteiger partial charge in [0.2, 0.25) is 0 Å². The predicted molar refractivity (Wildman–Crippen MR) is 473 cm³/mol. The summed E-state index contributed by atoms with van der Waals surface area (Å²) < 4.78 is 9.56. The van der Waals surface area contributed by atoms with Crippen molar-refractivity contribution < 1.29 is 0 Å². The standard InChI is InChI=1S/C58H37N3.C34H21Cl2N.C12H9N/c1-2-12-41-35-46(32-25-38(41)11-1)61-57-33-26-42(39-21-28-44(29-22-39)59-53-17-7-3-13-47(53)48-14-4-8-18-54(48)59)36-51(57)52-37-43(27-34-58(52)61)40-23-30-45(31-24-40)60-55-19-9-5-15-49(55)50-16-6-10-20-56(50)60;35-28-12-5-23(6-13-28)26-10-17-33-31(20-26)32-21-27(24-7-14-29(36)15-8-24)11-18-34(32)37(33)30-16-9-22-3-1-2-4-25(22)19-30;1-3-7-11-9(5-1)10-6-2-4-8-12(10)13-11/h1-37H;1-21H;1-8,13H. The van der Waals surface area contributed by atoms with Crippen molar-refractivity contribution in [3.8, 4) is 67.3 Å². The molecule has 0 atom stereocenters. The fourth-order valence-electron chi connectivity index (χ4n) is 17.0. The number of hydrogen-bond acceptors (Lipinski definition) is 0. The van der Waals surface area contributed by atoms with Gasteiger partial charge in [0.05, 0.1) is 44.1 Å². The number of fused-ring (bicyclic) bond motifs is 17. The Balaban J connectivity index is 0.000000131. The quantitative estimate of drug-likeness (QED) is 0.157. The van der Waals surface area contributed by atoms with Crippen LogP contribution in [0.5, 0.6) is 0 Å². The van der Waals surface area contributed by atoms with Crippen LogP contribution in [0.1, 0.15) is 0 Å². The average molecular weight is 1460 g/mol. The number of H-pyrrole nitrogens is 1. The van der Waals surface area contributed by atoms with Gasteiger partial charge in [-0.05, 0) is 224 Å². The predicted octanol–water partition coefficient (Wildman–Crippen LogP) is 29.4. The Morgan fingerprint density at radius 3 is 0.721 bits per heavy atom. The van der Waals surface area contributed by atoms with Crippen LogP contribution in [-0.2, 0) is 0 Å². The van der Waals surface area contributed by atoms with E-state index in [-0.39, 0.29) is 0 Å². The maximum absolute atomic E-state index is 6.16. The molecule has 5 heterocycles. The highest BCUT2D eigenvalue weighted by molar-refractivity contribution is 6.31. The normalized spacial score (nSPS) is 11.7. The minimum Gasteiger partial charge on any atom is -0.355 e. The van der Waals surface area contributed by atoms with Gasteiger partial charge in [0.15, 0.2) is 0 Å². The molecule has 0 saturated heterocycles. The Bertz CT molecular complexity index is 7110. The number of rotatable bonds is 8. The van der Waals surface area contributed by atoms with Crippen LogP contribution < -0.4 is 0 Å². The summed E-state index contributed by atoms with van der Waals surface area (Å²) in [5, 5.41) is 19.0. The fraction of sp³-hybridized carbons (Fsp3) is 0. The van der Waals surface area contributed by atoms with Gasteiger partial charge >= 0.3 is 0 Å². The molecule has 0 unspecified atom stereocenters. The molecule has 0 spiro atoms. The van der Waals surface area contributed by atoms with Crippen molar-refractivity contribution in [3.05, 3.63) is 410 Å². The highest BCUT2D eigenvalue weighted by Crippen LogP contribution is 2.43. The van der Waals surface area contributed by atoms with Gasteiger partial charge in [0, 0.05) is 97.7 Å². The molecular weight excluding hydrogens is 1390 g/mol. The summed E-state index contributed by atoms with van der Waals surface area (Å²) in [6.07, 6.45) is 0. The second-order valence-electron chi connectivity index (χ2n) is 28.7. The van der Waals surface area contributed by atoms with Crippen LogP contribution in [-0.4, -0.2) is 23.3 Å². The molecule has 23 aromatic rings. The van der Waals surface area contributed by atoms with E-state index in [0.717, 1.165) is 43.9 Å². The van der Waals surface area contributed by atoms with Crippen molar-refractivity contribution in [1.82, 2.24) is 23.3 Å². The number of benzene rings is 18.